The quantitative estimate of drug-likeness (QED) is 0.337. The largest absolute Gasteiger partial charge is 0.456 e. The molecular weight excluding hydrogens is 460 g/mol. The van der Waals surface area contributed by atoms with E-state index in [1.807, 2.05) is 45.0 Å². The molecule has 2 aliphatic heterocycles. The Morgan fingerprint density at radius 3 is 2.94 bits per heavy atom. The minimum atomic E-state index is -0.726. The van der Waals surface area contributed by atoms with Crippen molar-refractivity contribution >= 4 is 41.3 Å². The van der Waals surface area contributed by atoms with Gasteiger partial charge in [-0.25, -0.2) is 9.98 Å². The van der Waals surface area contributed by atoms with E-state index in [0.29, 0.717) is 17.9 Å². The number of hydrogen-bond donors (Lipinski definition) is 3. The Morgan fingerprint density at radius 2 is 2.18 bits per heavy atom. The van der Waals surface area contributed by atoms with Crippen molar-refractivity contribution in [2.45, 2.75) is 58.0 Å². The average molecular weight is 493 g/mol. The topological polar surface area (TPSA) is 102 Å². The summed E-state index contributed by atoms with van der Waals surface area (Å²) in [5.41, 5.74) is 0.752. The van der Waals surface area contributed by atoms with Crippen molar-refractivity contribution in [3.05, 3.63) is 41.7 Å². The number of carbonyl (C=O) groups excluding carboxylic acids is 2. The molecule has 4 bridgehead atoms. The number of aliphatic imine (C=N–C) groups is 1. The molecule has 3 rings (SSSR count). The third kappa shape index (κ3) is 7.56. The summed E-state index contributed by atoms with van der Waals surface area (Å²) in [7, 11) is 0. The zero-order valence-corrected chi connectivity index (χ0v) is 21.0. The molecule has 0 saturated heterocycles. The van der Waals surface area contributed by atoms with Crippen LogP contribution in [-0.2, 0) is 25.6 Å². The Hall–Kier alpha value is -1.88. The normalized spacial score (nSPS) is 27.2. The summed E-state index contributed by atoms with van der Waals surface area (Å²) in [6, 6.07) is 5.08. The van der Waals surface area contributed by atoms with Gasteiger partial charge in [0, 0.05) is 5.75 Å². The molecule has 10 heteroatoms. The molecule has 1 aromatic rings. The maximum absolute atomic E-state index is 13.0. The first-order chi connectivity index (χ1) is 15.8. The number of thiol groups is 1. The van der Waals surface area contributed by atoms with E-state index in [0.717, 1.165) is 16.4 Å². The fourth-order valence-electron chi connectivity index (χ4n) is 3.40. The molecule has 0 spiro atoms. The number of hydrogen-bond acceptors (Lipinski definition) is 9. The predicted octanol–water partition coefficient (Wildman–Crippen LogP) is 2.69. The van der Waals surface area contributed by atoms with E-state index in [1.54, 1.807) is 17.8 Å². The molecule has 180 valence electrons. The molecule has 0 fully saturated rings. The number of esters is 1. The number of carbonyl (C=O) groups is 2. The van der Waals surface area contributed by atoms with E-state index >= 15 is 0 Å². The van der Waals surface area contributed by atoms with Gasteiger partial charge in [0.15, 0.2) is 5.72 Å². The lowest BCUT2D eigenvalue weighted by Crippen LogP contribution is -2.46. The minimum Gasteiger partial charge on any atom is -0.456 e. The second-order valence-corrected chi connectivity index (χ2v) is 9.92. The van der Waals surface area contributed by atoms with Gasteiger partial charge < -0.3 is 14.8 Å². The monoisotopic (exact) mass is 492 g/mol. The van der Waals surface area contributed by atoms with Gasteiger partial charge in [0.2, 0.25) is 5.91 Å². The second-order valence-electron chi connectivity index (χ2n) is 8.51. The molecule has 1 amide bonds. The highest BCUT2D eigenvalue weighted by Crippen LogP contribution is 2.31. The highest BCUT2D eigenvalue weighted by Gasteiger charge is 2.34. The molecule has 2 aliphatic rings. The van der Waals surface area contributed by atoms with E-state index in [4.69, 9.17) is 14.5 Å². The summed E-state index contributed by atoms with van der Waals surface area (Å²) in [6.45, 7) is 6.19. The van der Waals surface area contributed by atoms with Crippen LogP contribution in [0.4, 0.5) is 0 Å². The minimum absolute atomic E-state index is 0.0243. The van der Waals surface area contributed by atoms with Crippen molar-refractivity contribution in [2.75, 3.05) is 18.2 Å². The number of aromatic nitrogens is 1. The molecule has 8 nitrogen and oxygen atoms in total. The molecule has 2 N–H and O–H groups in total. The Labute approximate surface area is 204 Å². The lowest BCUT2D eigenvalue weighted by molar-refractivity contribution is -0.153. The van der Waals surface area contributed by atoms with Crippen LogP contribution in [0.2, 0.25) is 0 Å². The molecule has 3 atom stereocenters. The second kappa shape index (κ2) is 12.0. The van der Waals surface area contributed by atoms with Crippen LogP contribution >= 0.6 is 24.4 Å². The zero-order chi connectivity index (χ0) is 23.8. The molecule has 0 aromatic carbocycles. The van der Waals surface area contributed by atoms with Crippen molar-refractivity contribution in [1.82, 2.24) is 15.6 Å². The molecule has 3 heterocycles. The van der Waals surface area contributed by atoms with Crippen LogP contribution in [0.1, 0.15) is 45.0 Å². The summed E-state index contributed by atoms with van der Waals surface area (Å²) in [6.07, 6.45) is 3.69. The predicted molar refractivity (Wildman–Crippen MR) is 133 cm³/mol. The third-order valence-corrected chi connectivity index (χ3v) is 6.73. The van der Waals surface area contributed by atoms with Crippen molar-refractivity contribution in [3.63, 3.8) is 0 Å². The van der Waals surface area contributed by atoms with E-state index in [2.05, 4.69) is 28.2 Å². The Morgan fingerprint density at radius 1 is 1.36 bits per heavy atom. The van der Waals surface area contributed by atoms with E-state index in [1.165, 1.54) is 0 Å². The molecule has 33 heavy (non-hydrogen) atoms. The first-order valence-corrected chi connectivity index (χ1v) is 12.7. The van der Waals surface area contributed by atoms with Crippen LogP contribution in [-0.4, -0.2) is 58.0 Å². The van der Waals surface area contributed by atoms with Crippen LogP contribution < -0.4 is 10.6 Å². The molecular formula is C23H32N4O4S2. The number of pyridine rings is 1. The van der Waals surface area contributed by atoms with Crippen molar-refractivity contribution in [3.8, 4) is 0 Å². The van der Waals surface area contributed by atoms with E-state index in [9.17, 15) is 9.59 Å². The van der Waals surface area contributed by atoms with Crippen LogP contribution in [0.5, 0.6) is 0 Å². The van der Waals surface area contributed by atoms with Crippen molar-refractivity contribution in [1.29, 1.82) is 0 Å². The van der Waals surface area contributed by atoms with Gasteiger partial charge in [-0.05, 0) is 43.2 Å². The smallest absolute Gasteiger partial charge is 0.324 e. The number of fused-ring (bicyclic) bond motifs is 4. The van der Waals surface area contributed by atoms with Crippen LogP contribution in [0.15, 0.2) is 35.3 Å². The lowest BCUT2D eigenvalue weighted by Gasteiger charge is -2.26. The number of cyclic esters (lactones) is 1. The number of rotatable bonds is 4. The van der Waals surface area contributed by atoms with Crippen molar-refractivity contribution < 1.29 is 19.1 Å². The summed E-state index contributed by atoms with van der Waals surface area (Å²) in [5, 5.41) is 6.82. The van der Waals surface area contributed by atoms with Gasteiger partial charge >= 0.3 is 5.97 Å². The maximum Gasteiger partial charge on any atom is 0.324 e. The first kappa shape index (κ1) is 25.7. The standard InChI is InChI=1S/C23H32N4O4S2/c1-15(2)20-22(29)31-17(8-4-5-10-32)11-19(28)24-12-16-7-6-9-18(26-16)21-27-23(3,13-33-21)30-14-25-20/h4,6-9,15,17,20,25,32H,5,10-14H2,1-3H3,(H,24,28)/b8-4+. The summed E-state index contributed by atoms with van der Waals surface area (Å²) >= 11 is 5.78. The fraction of sp³-hybridized carbons (Fsp3) is 0.565. The molecule has 0 radical (unpaired) electrons. The maximum atomic E-state index is 13.0. The number of nitrogens with one attached hydrogen (secondary N) is 2. The number of amides is 1. The zero-order valence-electron chi connectivity index (χ0n) is 19.2. The van der Waals surface area contributed by atoms with Gasteiger partial charge in [-0.2, -0.15) is 12.6 Å². The fourth-order valence-corrected chi connectivity index (χ4v) is 4.62. The van der Waals surface area contributed by atoms with Gasteiger partial charge in [0.25, 0.3) is 0 Å². The average Bonchev–Trinajstić information content (AvgIpc) is 3.17. The number of nitrogens with zero attached hydrogens (tertiary/aromatic N) is 2. The Bertz CT molecular complexity index is 908. The van der Waals surface area contributed by atoms with Crippen LogP contribution in [0, 0.1) is 5.92 Å². The van der Waals surface area contributed by atoms with Gasteiger partial charge in [0.1, 0.15) is 23.9 Å². The van der Waals surface area contributed by atoms with Gasteiger partial charge in [-0.1, -0.05) is 37.8 Å². The molecule has 1 aromatic heterocycles. The van der Waals surface area contributed by atoms with Gasteiger partial charge in [0.05, 0.1) is 24.4 Å². The SMILES string of the molecule is CC(C)C1NCOC2(C)CSC(=N2)c2cccc(n2)CNC(=O)CC(/C=C/CCS)OC1=O. The van der Waals surface area contributed by atoms with Gasteiger partial charge in [-0.3, -0.25) is 14.9 Å². The molecule has 0 aliphatic carbocycles. The Kier molecular flexibility index (Phi) is 9.37. The van der Waals surface area contributed by atoms with Gasteiger partial charge in [-0.15, -0.1) is 0 Å². The lowest BCUT2D eigenvalue weighted by atomic mass is 10.0. The Balaban J connectivity index is 1.85. The molecule has 3 unspecified atom stereocenters. The van der Waals surface area contributed by atoms with E-state index < -0.39 is 23.8 Å². The number of ether oxygens (including phenoxy) is 2. The summed E-state index contributed by atoms with van der Waals surface area (Å²) < 4.78 is 11.7. The highest BCUT2D eigenvalue weighted by atomic mass is 32.2. The van der Waals surface area contributed by atoms with Crippen molar-refractivity contribution in [2.24, 2.45) is 10.9 Å². The third-order valence-electron chi connectivity index (χ3n) is 5.21. The van der Waals surface area contributed by atoms with Crippen LogP contribution in [0.3, 0.4) is 0 Å². The summed E-state index contributed by atoms with van der Waals surface area (Å²) in [5.74, 6) is 0.628. The highest BCUT2D eigenvalue weighted by molar-refractivity contribution is 8.14. The number of allylic oxidation sites excluding steroid dienone is 1. The molecule has 0 saturated carbocycles. The summed E-state index contributed by atoms with van der Waals surface area (Å²) in [4.78, 5) is 35.0. The number of thioether (sulfide) groups is 1. The van der Waals surface area contributed by atoms with Crippen LogP contribution in [0.25, 0.3) is 0 Å². The first-order valence-electron chi connectivity index (χ1n) is 11.1. The van der Waals surface area contributed by atoms with E-state index in [-0.39, 0.29) is 31.5 Å².